The number of hydrogen-bond donors (Lipinski definition) is 1. The summed E-state index contributed by atoms with van der Waals surface area (Å²) in [7, 11) is 0. The van der Waals surface area contributed by atoms with Crippen LogP contribution >= 0.6 is 0 Å². The second-order valence-corrected chi connectivity index (χ2v) is 6.88. The van der Waals surface area contributed by atoms with E-state index < -0.39 is 0 Å². The average molecular weight is 354 g/mol. The fourth-order valence-electron chi connectivity index (χ4n) is 3.72. The van der Waals surface area contributed by atoms with Crippen LogP contribution in [0.15, 0.2) is 35.4 Å². The number of aromatic amines is 1. The summed E-state index contributed by atoms with van der Waals surface area (Å²) in [6.07, 6.45) is 6.60. The van der Waals surface area contributed by atoms with E-state index in [1.54, 1.807) is 12.4 Å². The van der Waals surface area contributed by atoms with Gasteiger partial charge in [-0.25, -0.2) is 4.98 Å². The van der Waals surface area contributed by atoms with E-state index in [2.05, 4.69) is 15.0 Å². The second kappa shape index (κ2) is 7.37. The van der Waals surface area contributed by atoms with Crippen molar-refractivity contribution in [2.24, 2.45) is 0 Å². The third-order valence-electron chi connectivity index (χ3n) is 5.06. The van der Waals surface area contributed by atoms with Crippen molar-refractivity contribution in [2.75, 3.05) is 19.7 Å². The lowest BCUT2D eigenvalue weighted by Crippen LogP contribution is -2.44. The Labute approximate surface area is 151 Å². The molecule has 0 spiro atoms. The van der Waals surface area contributed by atoms with Gasteiger partial charge in [0.1, 0.15) is 11.9 Å². The molecule has 26 heavy (non-hydrogen) atoms. The van der Waals surface area contributed by atoms with Crippen molar-refractivity contribution >= 4 is 5.91 Å². The standard InChI is InChI=1S/C19H22N4O3/c24-17-11-15(13-5-7-20-8-6-13)21-18(22-17)14-3-1-9-23(12-14)19(25)16-4-2-10-26-16/h5-8,11,14,16H,1-4,9-10,12H2,(H,21,22,24)/t14-,16+/m0/s1. The number of piperidine rings is 1. The first-order valence-electron chi connectivity index (χ1n) is 9.13. The number of aromatic nitrogens is 3. The van der Waals surface area contributed by atoms with Crippen LogP contribution in [0.3, 0.4) is 0 Å². The van der Waals surface area contributed by atoms with E-state index in [4.69, 9.17) is 4.74 Å². The monoisotopic (exact) mass is 354 g/mol. The summed E-state index contributed by atoms with van der Waals surface area (Å²) >= 11 is 0. The molecule has 1 amide bonds. The molecule has 0 bridgehead atoms. The summed E-state index contributed by atoms with van der Waals surface area (Å²) in [5.41, 5.74) is 1.31. The van der Waals surface area contributed by atoms with Crippen LogP contribution in [0.25, 0.3) is 11.3 Å². The normalized spacial score (nSPS) is 23.2. The van der Waals surface area contributed by atoms with Gasteiger partial charge in [-0.2, -0.15) is 0 Å². The molecule has 7 heteroatoms. The number of carbonyl (C=O) groups is 1. The van der Waals surface area contributed by atoms with Crippen LogP contribution in [0.4, 0.5) is 0 Å². The molecule has 0 aromatic carbocycles. The smallest absolute Gasteiger partial charge is 0.251 e. The van der Waals surface area contributed by atoms with Crippen LogP contribution in [0, 0.1) is 0 Å². The van der Waals surface area contributed by atoms with E-state index in [1.807, 2.05) is 17.0 Å². The van der Waals surface area contributed by atoms with Crippen molar-refractivity contribution in [3.63, 3.8) is 0 Å². The third kappa shape index (κ3) is 3.53. The molecule has 7 nitrogen and oxygen atoms in total. The molecule has 0 radical (unpaired) electrons. The molecule has 0 saturated carbocycles. The zero-order valence-corrected chi connectivity index (χ0v) is 14.6. The van der Waals surface area contributed by atoms with Crippen molar-refractivity contribution < 1.29 is 9.53 Å². The largest absolute Gasteiger partial charge is 0.368 e. The van der Waals surface area contributed by atoms with Gasteiger partial charge < -0.3 is 14.6 Å². The molecular weight excluding hydrogens is 332 g/mol. The Morgan fingerprint density at radius 3 is 2.85 bits per heavy atom. The molecule has 2 aliphatic heterocycles. The molecule has 0 unspecified atom stereocenters. The highest BCUT2D eigenvalue weighted by atomic mass is 16.5. The number of hydrogen-bond acceptors (Lipinski definition) is 5. The molecular formula is C19H22N4O3. The van der Waals surface area contributed by atoms with Crippen LogP contribution in [0.5, 0.6) is 0 Å². The summed E-state index contributed by atoms with van der Waals surface area (Å²) in [6, 6.07) is 5.16. The van der Waals surface area contributed by atoms with E-state index in [-0.39, 0.29) is 23.5 Å². The minimum absolute atomic E-state index is 0.0311. The van der Waals surface area contributed by atoms with Gasteiger partial charge in [-0.15, -0.1) is 0 Å². The molecule has 2 atom stereocenters. The molecule has 4 heterocycles. The summed E-state index contributed by atoms with van der Waals surface area (Å²) in [5.74, 6) is 0.748. The van der Waals surface area contributed by atoms with Crippen molar-refractivity contribution in [1.29, 1.82) is 0 Å². The van der Waals surface area contributed by atoms with E-state index >= 15 is 0 Å². The zero-order valence-electron chi connectivity index (χ0n) is 14.6. The Morgan fingerprint density at radius 2 is 2.08 bits per heavy atom. The van der Waals surface area contributed by atoms with Gasteiger partial charge in [0.15, 0.2) is 0 Å². The summed E-state index contributed by atoms with van der Waals surface area (Å²) in [4.78, 5) is 38.2. The van der Waals surface area contributed by atoms with Gasteiger partial charge in [-0.05, 0) is 37.8 Å². The van der Waals surface area contributed by atoms with Gasteiger partial charge in [0, 0.05) is 49.6 Å². The summed E-state index contributed by atoms with van der Waals surface area (Å²) in [6.45, 7) is 1.97. The maximum Gasteiger partial charge on any atom is 0.251 e. The lowest BCUT2D eigenvalue weighted by Gasteiger charge is -2.33. The van der Waals surface area contributed by atoms with Crippen LogP contribution < -0.4 is 5.56 Å². The molecule has 2 saturated heterocycles. The van der Waals surface area contributed by atoms with Crippen molar-refractivity contribution in [1.82, 2.24) is 19.9 Å². The molecule has 4 rings (SSSR count). The lowest BCUT2D eigenvalue weighted by atomic mass is 9.96. The van der Waals surface area contributed by atoms with Gasteiger partial charge in [-0.1, -0.05) is 0 Å². The minimum atomic E-state index is -0.302. The molecule has 136 valence electrons. The Balaban J connectivity index is 1.56. The molecule has 2 fully saturated rings. The van der Waals surface area contributed by atoms with E-state index in [0.29, 0.717) is 24.7 Å². The average Bonchev–Trinajstić information content (AvgIpc) is 3.22. The minimum Gasteiger partial charge on any atom is -0.368 e. The first-order chi connectivity index (χ1) is 12.7. The number of carbonyl (C=O) groups excluding carboxylic acids is 1. The summed E-state index contributed by atoms with van der Waals surface area (Å²) in [5, 5.41) is 0. The Kier molecular flexibility index (Phi) is 4.79. The van der Waals surface area contributed by atoms with Crippen molar-refractivity contribution in [3.8, 4) is 11.3 Å². The number of pyridine rings is 1. The second-order valence-electron chi connectivity index (χ2n) is 6.88. The van der Waals surface area contributed by atoms with Crippen molar-refractivity contribution in [3.05, 3.63) is 46.8 Å². The maximum atomic E-state index is 12.6. The maximum absolute atomic E-state index is 12.6. The van der Waals surface area contributed by atoms with Gasteiger partial charge in [-0.3, -0.25) is 14.6 Å². The molecule has 0 aliphatic carbocycles. The summed E-state index contributed by atoms with van der Waals surface area (Å²) < 4.78 is 5.53. The quantitative estimate of drug-likeness (QED) is 0.907. The Morgan fingerprint density at radius 1 is 1.23 bits per heavy atom. The number of ether oxygens (including phenoxy) is 1. The van der Waals surface area contributed by atoms with E-state index in [1.165, 1.54) is 6.07 Å². The topological polar surface area (TPSA) is 88.2 Å². The third-order valence-corrected chi connectivity index (χ3v) is 5.06. The van der Waals surface area contributed by atoms with Crippen LogP contribution in [-0.2, 0) is 9.53 Å². The van der Waals surface area contributed by atoms with E-state index in [9.17, 15) is 9.59 Å². The van der Waals surface area contributed by atoms with Gasteiger partial charge in [0.2, 0.25) is 0 Å². The number of nitrogens with zero attached hydrogens (tertiary/aromatic N) is 3. The van der Waals surface area contributed by atoms with Gasteiger partial charge >= 0.3 is 0 Å². The predicted octanol–water partition coefficient (Wildman–Crippen LogP) is 1.72. The SMILES string of the molecule is O=C([C@H]1CCCO1)N1CCC[C@H](c2nc(-c3ccncc3)cc(=O)[nH]2)C1. The first-order valence-corrected chi connectivity index (χ1v) is 9.13. The van der Waals surface area contributed by atoms with Crippen LogP contribution in [-0.4, -0.2) is 51.6 Å². The Hall–Kier alpha value is -2.54. The number of rotatable bonds is 3. The number of amides is 1. The Bertz CT molecular complexity index is 830. The molecule has 2 aromatic heterocycles. The number of H-pyrrole nitrogens is 1. The highest BCUT2D eigenvalue weighted by Crippen LogP contribution is 2.27. The van der Waals surface area contributed by atoms with E-state index in [0.717, 1.165) is 37.8 Å². The molecule has 2 aromatic rings. The fourth-order valence-corrected chi connectivity index (χ4v) is 3.72. The fraction of sp³-hybridized carbons (Fsp3) is 0.474. The lowest BCUT2D eigenvalue weighted by molar-refractivity contribution is -0.142. The number of nitrogens with one attached hydrogen (secondary N) is 1. The van der Waals surface area contributed by atoms with Crippen LogP contribution in [0.2, 0.25) is 0 Å². The molecule has 1 N–H and O–H groups in total. The van der Waals surface area contributed by atoms with Crippen molar-refractivity contribution in [2.45, 2.75) is 37.7 Å². The first kappa shape index (κ1) is 16.9. The highest BCUT2D eigenvalue weighted by Gasteiger charge is 2.32. The van der Waals surface area contributed by atoms with Crippen LogP contribution in [0.1, 0.15) is 37.4 Å². The predicted molar refractivity (Wildman–Crippen MR) is 95.6 cm³/mol. The van der Waals surface area contributed by atoms with Gasteiger partial charge in [0.25, 0.3) is 11.5 Å². The molecule has 2 aliphatic rings. The van der Waals surface area contributed by atoms with Gasteiger partial charge in [0.05, 0.1) is 5.69 Å². The highest BCUT2D eigenvalue weighted by molar-refractivity contribution is 5.81. The number of likely N-dealkylation sites (tertiary alicyclic amines) is 1. The zero-order chi connectivity index (χ0) is 17.9.